The third-order valence-corrected chi connectivity index (χ3v) is 3.42. The number of thiophene rings is 1. The lowest BCUT2D eigenvalue weighted by Crippen LogP contribution is -2.05. The first kappa shape index (κ1) is 12.7. The summed E-state index contributed by atoms with van der Waals surface area (Å²) >= 11 is 1.63. The molecule has 0 aliphatic carbocycles. The van der Waals surface area contributed by atoms with Gasteiger partial charge in [-0.05, 0) is 12.1 Å². The van der Waals surface area contributed by atoms with E-state index >= 15 is 0 Å². The number of hydrogen-bond donors (Lipinski definition) is 0. The van der Waals surface area contributed by atoms with Crippen molar-refractivity contribution in [1.82, 2.24) is 0 Å². The molecule has 1 aromatic heterocycles. The number of anilines is 1. The van der Waals surface area contributed by atoms with Gasteiger partial charge in [-0.15, -0.1) is 23.7 Å². The molecule has 1 aromatic carbocycles. The monoisotopic (exact) mass is 258 g/mol. The third kappa shape index (κ3) is 2.25. The van der Waals surface area contributed by atoms with Crippen LogP contribution in [0.25, 0.3) is 10.1 Å². The Morgan fingerprint density at radius 3 is 2.56 bits per heavy atom. The Kier molecular flexibility index (Phi) is 3.72. The van der Waals surface area contributed by atoms with E-state index in [1.807, 2.05) is 25.1 Å². The number of fused-ring (bicyclic) bond motifs is 1. The van der Waals surface area contributed by atoms with Crippen molar-refractivity contribution in [1.29, 1.82) is 0 Å². The molecule has 16 heavy (non-hydrogen) atoms. The van der Waals surface area contributed by atoms with Crippen molar-refractivity contribution in [3.05, 3.63) is 34.4 Å². The molecule has 2 rings (SSSR count). The van der Waals surface area contributed by atoms with Crippen LogP contribution in [0.5, 0.6) is 0 Å². The normalized spacial score (nSPS) is 9.88. The molecule has 0 N–H and O–H groups in total. The van der Waals surface area contributed by atoms with Gasteiger partial charge in [-0.25, -0.2) is 0 Å². The smallest absolute Gasteiger partial charge is 0.270 e. The minimum Gasteiger partial charge on any atom is -0.370 e. The molecule has 0 atom stereocenters. The third-order valence-electron chi connectivity index (χ3n) is 2.14. The molecule has 0 spiro atoms. The van der Waals surface area contributed by atoms with E-state index in [-0.39, 0.29) is 23.0 Å². The van der Waals surface area contributed by atoms with Crippen LogP contribution in [0.3, 0.4) is 0 Å². The van der Waals surface area contributed by atoms with Gasteiger partial charge in [-0.2, -0.15) is 0 Å². The van der Waals surface area contributed by atoms with Crippen molar-refractivity contribution >= 4 is 44.5 Å². The molecule has 4 nitrogen and oxygen atoms in total. The molecule has 0 aliphatic rings. The topological polar surface area (TPSA) is 46.4 Å². The van der Waals surface area contributed by atoms with Gasteiger partial charge >= 0.3 is 0 Å². The zero-order valence-electron chi connectivity index (χ0n) is 8.84. The molecular formula is C10H11ClN2O2S. The molecule has 0 unspecified atom stereocenters. The molecule has 0 radical (unpaired) electrons. The zero-order valence-corrected chi connectivity index (χ0v) is 10.5. The second kappa shape index (κ2) is 4.67. The van der Waals surface area contributed by atoms with E-state index < -0.39 is 0 Å². The predicted molar refractivity (Wildman–Crippen MR) is 70.1 cm³/mol. The lowest BCUT2D eigenvalue weighted by molar-refractivity contribution is -0.384. The van der Waals surface area contributed by atoms with Gasteiger partial charge in [0.15, 0.2) is 0 Å². The highest BCUT2D eigenvalue weighted by Gasteiger charge is 2.09. The molecule has 0 saturated carbocycles. The van der Waals surface area contributed by atoms with E-state index in [2.05, 4.69) is 0 Å². The first-order valence-electron chi connectivity index (χ1n) is 4.43. The highest BCUT2D eigenvalue weighted by atomic mass is 35.5. The summed E-state index contributed by atoms with van der Waals surface area (Å²) in [5.74, 6) is 0. The summed E-state index contributed by atoms with van der Waals surface area (Å²) in [4.78, 5) is 12.2. The second-order valence-electron chi connectivity index (χ2n) is 3.46. The second-order valence-corrected chi connectivity index (χ2v) is 4.52. The van der Waals surface area contributed by atoms with Crippen LogP contribution >= 0.6 is 23.7 Å². The van der Waals surface area contributed by atoms with Crippen LogP contribution in [0.2, 0.25) is 0 Å². The molecule has 2 aromatic rings. The summed E-state index contributed by atoms with van der Waals surface area (Å²) in [6.45, 7) is 0. The Bertz CT molecular complexity index is 525. The van der Waals surface area contributed by atoms with Crippen LogP contribution in [0, 0.1) is 10.1 Å². The predicted octanol–water partition coefficient (Wildman–Crippen LogP) is 3.30. The Morgan fingerprint density at radius 1 is 1.31 bits per heavy atom. The number of hydrogen-bond acceptors (Lipinski definition) is 4. The number of rotatable bonds is 2. The number of nitrogens with zero attached hydrogens (tertiary/aromatic N) is 2. The number of nitro benzene ring substituents is 1. The van der Waals surface area contributed by atoms with Crippen LogP contribution in [-0.4, -0.2) is 19.0 Å². The molecule has 6 heteroatoms. The van der Waals surface area contributed by atoms with Gasteiger partial charge in [0.2, 0.25) is 0 Å². The van der Waals surface area contributed by atoms with E-state index in [4.69, 9.17) is 0 Å². The first-order valence-corrected chi connectivity index (χ1v) is 5.25. The van der Waals surface area contributed by atoms with E-state index in [1.54, 1.807) is 23.5 Å². The van der Waals surface area contributed by atoms with Gasteiger partial charge in [-0.1, -0.05) is 0 Å². The minimum absolute atomic E-state index is 0. The minimum atomic E-state index is -0.369. The molecule has 1 heterocycles. The van der Waals surface area contributed by atoms with E-state index in [1.165, 1.54) is 6.07 Å². The van der Waals surface area contributed by atoms with Crippen LogP contribution in [0.1, 0.15) is 0 Å². The Labute approximate surface area is 103 Å². The van der Waals surface area contributed by atoms with Gasteiger partial charge in [0.1, 0.15) is 0 Å². The maximum Gasteiger partial charge on any atom is 0.270 e. The van der Waals surface area contributed by atoms with Crippen LogP contribution < -0.4 is 4.90 Å². The van der Waals surface area contributed by atoms with E-state index in [9.17, 15) is 10.1 Å². The maximum atomic E-state index is 10.6. The molecule has 0 amide bonds. The Hall–Kier alpha value is -1.33. The fourth-order valence-electron chi connectivity index (χ4n) is 1.35. The Balaban J connectivity index is 0.00000128. The number of nitro groups is 1. The molecule has 0 bridgehead atoms. The fourth-order valence-corrected chi connectivity index (χ4v) is 2.32. The summed E-state index contributed by atoms with van der Waals surface area (Å²) in [5, 5.41) is 12.6. The van der Waals surface area contributed by atoms with Crippen molar-refractivity contribution in [3.63, 3.8) is 0 Å². The van der Waals surface area contributed by atoms with Crippen LogP contribution in [-0.2, 0) is 0 Å². The SMILES string of the molecule is CN(C)c1cc2cc([N+](=O)[O-])ccc2s1.Cl. The van der Waals surface area contributed by atoms with Crippen molar-refractivity contribution in [2.24, 2.45) is 0 Å². The highest BCUT2D eigenvalue weighted by Crippen LogP contribution is 2.33. The van der Waals surface area contributed by atoms with Gasteiger partial charge in [0.25, 0.3) is 5.69 Å². The molecule has 86 valence electrons. The lowest BCUT2D eigenvalue weighted by atomic mass is 10.2. The first-order chi connectivity index (χ1) is 7.08. The van der Waals surface area contributed by atoms with E-state index in [0.717, 1.165) is 15.1 Å². The van der Waals surface area contributed by atoms with Gasteiger partial charge in [0, 0.05) is 36.3 Å². The van der Waals surface area contributed by atoms with Gasteiger partial charge in [0.05, 0.1) is 9.92 Å². The summed E-state index contributed by atoms with van der Waals surface area (Å²) in [6.07, 6.45) is 0. The largest absolute Gasteiger partial charge is 0.370 e. The summed E-state index contributed by atoms with van der Waals surface area (Å²) in [6, 6.07) is 6.91. The molecule has 0 fully saturated rings. The maximum absolute atomic E-state index is 10.6. The van der Waals surface area contributed by atoms with Crippen LogP contribution in [0.4, 0.5) is 10.7 Å². The number of halogens is 1. The molecular weight excluding hydrogens is 248 g/mol. The summed E-state index contributed by atoms with van der Waals surface area (Å²) in [7, 11) is 3.91. The van der Waals surface area contributed by atoms with Crippen molar-refractivity contribution in [2.75, 3.05) is 19.0 Å². The van der Waals surface area contributed by atoms with Gasteiger partial charge < -0.3 is 4.90 Å². The van der Waals surface area contributed by atoms with Crippen molar-refractivity contribution in [3.8, 4) is 0 Å². The lowest BCUT2D eigenvalue weighted by Gasteiger charge is -2.06. The average Bonchev–Trinajstić information content (AvgIpc) is 2.59. The van der Waals surface area contributed by atoms with Crippen molar-refractivity contribution < 1.29 is 4.92 Å². The fraction of sp³-hybridized carbons (Fsp3) is 0.200. The van der Waals surface area contributed by atoms with Crippen LogP contribution in [0.15, 0.2) is 24.3 Å². The summed E-state index contributed by atoms with van der Waals surface area (Å²) < 4.78 is 1.07. The zero-order chi connectivity index (χ0) is 11.0. The van der Waals surface area contributed by atoms with Crippen molar-refractivity contribution in [2.45, 2.75) is 0 Å². The average molecular weight is 259 g/mol. The Morgan fingerprint density at radius 2 is 2.00 bits per heavy atom. The standard InChI is InChI=1S/C10H10N2O2S.ClH/c1-11(2)10-6-7-5-8(12(13)14)3-4-9(7)15-10;/h3-6H,1-2H3;1H. The highest BCUT2D eigenvalue weighted by molar-refractivity contribution is 7.22. The number of non-ortho nitro benzene ring substituents is 1. The quantitative estimate of drug-likeness (QED) is 0.613. The molecule has 0 saturated heterocycles. The van der Waals surface area contributed by atoms with Gasteiger partial charge in [-0.3, -0.25) is 10.1 Å². The number of benzene rings is 1. The molecule has 0 aliphatic heterocycles. The summed E-state index contributed by atoms with van der Waals surface area (Å²) in [5.41, 5.74) is 0.144. The van der Waals surface area contributed by atoms with E-state index in [0.29, 0.717) is 0 Å².